The summed E-state index contributed by atoms with van der Waals surface area (Å²) < 4.78 is 9.46. The lowest BCUT2D eigenvalue weighted by atomic mass is 9.67. The smallest absolute Gasteiger partial charge is 0.159 e. The highest BCUT2D eigenvalue weighted by molar-refractivity contribution is 7.27. The van der Waals surface area contributed by atoms with Gasteiger partial charge in [0.15, 0.2) is 5.58 Å². The van der Waals surface area contributed by atoms with Crippen LogP contribution in [0, 0.1) is 0 Å². The Morgan fingerprint density at radius 3 is 1.87 bits per heavy atom. The van der Waals surface area contributed by atoms with Gasteiger partial charge in [0.2, 0.25) is 0 Å². The van der Waals surface area contributed by atoms with Gasteiger partial charge in [-0.15, -0.1) is 11.3 Å². The molecule has 0 aliphatic heterocycles. The molecule has 10 aromatic carbocycles. The van der Waals surface area contributed by atoms with E-state index in [9.17, 15) is 0 Å². The fourth-order valence-electron chi connectivity index (χ4n) is 10.5. The van der Waals surface area contributed by atoms with Gasteiger partial charge in [0, 0.05) is 42.3 Å². The van der Waals surface area contributed by atoms with Crippen molar-refractivity contribution >= 4 is 81.3 Å². The molecule has 290 valence electrons. The maximum Gasteiger partial charge on any atom is 0.159 e. The highest BCUT2D eigenvalue weighted by Crippen LogP contribution is 2.57. The van der Waals surface area contributed by atoms with Crippen molar-refractivity contribution in [2.45, 2.75) is 5.41 Å². The summed E-state index contributed by atoms with van der Waals surface area (Å²) in [6, 6.07) is 82.2. The number of thiophene rings is 1. The Balaban J connectivity index is 1.07. The average molecular weight is 808 g/mol. The Hall–Kier alpha value is -7.72. The summed E-state index contributed by atoms with van der Waals surface area (Å²) in [4.78, 5) is 2.41. The molecule has 0 bridgehead atoms. The molecule has 0 fully saturated rings. The fraction of sp³-hybridized carbons (Fsp3) is 0.0169. The molecule has 0 unspecified atom stereocenters. The zero-order chi connectivity index (χ0) is 40.8. The number of hydrogen-bond acceptors (Lipinski definition) is 3. The first-order valence-corrected chi connectivity index (χ1v) is 22.1. The lowest BCUT2D eigenvalue weighted by Gasteiger charge is -2.35. The lowest BCUT2D eigenvalue weighted by molar-refractivity contribution is 0.669. The molecule has 0 N–H and O–H groups in total. The predicted molar refractivity (Wildman–Crippen MR) is 262 cm³/mol. The molecular formula is C59H37NOS. The summed E-state index contributed by atoms with van der Waals surface area (Å²) in [5, 5.41) is 7.37. The fourth-order valence-corrected chi connectivity index (χ4v) is 11.8. The van der Waals surface area contributed by atoms with Crippen LogP contribution in [0.2, 0.25) is 0 Å². The Kier molecular flexibility index (Phi) is 7.72. The average Bonchev–Trinajstić information content (AvgIpc) is 4.01. The maximum absolute atomic E-state index is 6.83. The third-order valence-corrected chi connectivity index (χ3v) is 14.4. The second-order valence-electron chi connectivity index (χ2n) is 16.3. The maximum atomic E-state index is 6.83. The normalized spacial score (nSPS) is 13.0. The largest absolute Gasteiger partial charge is 0.454 e. The molecule has 0 atom stereocenters. The summed E-state index contributed by atoms with van der Waals surface area (Å²) in [7, 11) is 0. The Bertz CT molecular complexity index is 3670. The van der Waals surface area contributed by atoms with E-state index >= 15 is 0 Å². The van der Waals surface area contributed by atoms with Crippen LogP contribution in [-0.2, 0) is 5.41 Å². The molecule has 2 nitrogen and oxygen atoms in total. The van der Waals surface area contributed by atoms with E-state index in [1.807, 2.05) is 17.4 Å². The van der Waals surface area contributed by atoms with Crippen LogP contribution in [0.15, 0.2) is 229 Å². The van der Waals surface area contributed by atoms with Crippen molar-refractivity contribution < 1.29 is 4.42 Å². The first-order chi connectivity index (χ1) is 30.8. The van der Waals surface area contributed by atoms with Crippen molar-refractivity contribution in [3.8, 4) is 22.3 Å². The monoisotopic (exact) mass is 807 g/mol. The first-order valence-electron chi connectivity index (χ1n) is 21.2. The molecule has 1 aliphatic rings. The van der Waals surface area contributed by atoms with E-state index in [-0.39, 0.29) is 0 Å². The van der Waals surface area contributed by atoms with E-state index in [2.05, 4.69) is 223 Å². The van der Waals surface area contributed by atoms with Crippen LogP contribution < -0.4 is 4.90 Å². The molecule has 0 saturated heterocycles. The second kappa shape index (κ2) is 13.7. The van der Waals surface area contributed by atoms with Gasteiger partial charge >= 0.3 is 0 Å². The predicted octanol–water partition coefficient (Wildman–Crippen LogP) is 16.6. The van der Waals surface area contributed by atoms with E-state index in [0.717, 1.165) is 39.0 Å². The molecule has 0 radical (unpaired) electrons. The van der Waals surface area contributed by atoms with Crippen LogP contribution in [-0.4, -0.2) is 0 Å². The van der Waals surface area contributed by atoms with Crippen LogP contribution in [0.3, 0.4) is 0 Å². The van der Waals surface area contributed by atoms with Crippen molar-refractivity contribution in [3.63, 3.8) is 0 Å². The lowest BCUT2D eigenvalue weighted by Crippen LogP contribution is -2.28. The van der Waals surface area contributed by atoms with Crippen molar-refractivity contribution in [1.29, 1.82) is 0 Å². The Morgan fingerprint density at radius 2 is 1.02 bits per heavy atom. The molecule has 62 heavy (non-hydrogen) atoms. The minimum Gasteiger partial charge on any atom is -0.454 e. The van der Waals surface area contributed by atoms with Gasteiger partial charge in [-0.05, 0) is 91.7 Å². The number of furan rings is 1. The Morgan fingerprint density at radius 1 is 0.387 bits per heavy atom. The summed E-state index contributed by atoms with van der Waals surface area (Å²) in [6.45, 7) is 0. The van der Waals surface area contributed by atoms with Crippen LogP contribution in [0.5, 0.6) is 0 Å². The number of para-hydroxylation sites is 2. The molecular weight excluding hydrogens is 771 g/mol. The van der Waals surface area contributed by atoms with E-state index in [1.165, 1.54) is 75.5 Å². The summed E-state index contributed by atoms with van der Waals surface area (Å²) in [5.74, 6) is 0. The summed E-state index contributed by atoms with van der Waals surface area (Å²) in [6.07, 6.45) is 0. The van der Waals surface area contributed by atoms with Crippen LogP contribution in [0.1, 0.15) is 22.3 Å². The van der Waals surface area contributed by atoms with Gasteiger partial charge in [0.05, 0.1) is 11.1 Å². The minimum atomic E-state index is -0.537. The van der Waals surface area contributed by atoms with E-state index in [0.29, 0.717) is 0 Å². The topological polar surface area (TPSA) is 16.4 Å². The van der Waals surface area contributed by atoms with E-state index in [4.69, 9.17) is 4.42 Å². The number of rotatable bonds is 6. The summed E-state index contributed by atoms with van der Waals surface area (Å²) in [5.41, 5.74) is 14.2. The van der Waals surface area contributed by atoms with E-state index < -0.39 is 5.41 Å². The highest BCUT2D eigenvalue weighted by Gasteiger charge is 2.46. The SMILES string of the molecule is c1ccc(C2(c3ccccc3)c3ccccc3-c3ccc(N(c4cccc(-c5cccc6c5sc5c7ccccc7ccc65)c4)c4cccc5c4oc4ccccc45)cc32)cc1. The third kappa shape index (κ3) is 5.03. The molecule has 12 aromatic rings. The van der Waals surface area contributed by atoms with Crippen LogP contribution in [0.4, 0.5) is 17.1 Å². The van der Waals surface area contributed by atoms with Crippen molar-refractivity contribution in [3.05, 3.63) is 247 Å². The molecule has 2 heterocycles. The number of nitrogens with zero attached hydrogens (tertiary/aromatic N) is 1. The zero-order valence-electron chi connectivity index (χ0n) is 33.6. The number of fused-ring (bicyclic) bond motifs is 11. The quantitative estimate of drug-likeness (QED) is 0.166. The van der Waals surface area contributed by atoms with Crippen molar-refractivity contribution in [1.82, 2.24) is 0 Å². The van der Waals surface area contributed by atoms with Gasteiger partial charge in [-0.25, -0.2) is 0 Å². The van der Waals surface area contributed by atoms with Gasteiger partial charge in [-0.1, -0.05) is 188 Å². The Labute approximate surface area is 363 Å². The number of benzene rings is 10. The van der Waals surface area contributed by atoms with Gasteiger partial charge in [-0.3, -0.25) is 0 Å². The molecule has 2 aromatic heterocycles. The number of hydrogen-bond donors (Lipinski definition) is 0. The van der Waals surface area contributed by atoms with E-state index in [1.54, 1.807) is 0 Å². The first kappa shape index (κ1) is 35.1. The highest BCUT2D eigenvalue weighted by atomic mass is 32.1. The van der Waals surface area contributed by atoms with Crippen LogP contribution in [0.25, 0.3) is 75.1 Å². The van der Waals surface area contributed by atoms with Gasteiger partial charge < -0.3 is 9.32 Å². The summed E-state index contributed by atoms with van der Waals surface area (Å²) >= 11 is 1.90. The zero-order valence-corrected chi connectivity index (χ0v) is 34.4. The molecule has 0 spiro atoms. The minimum absolute atomic E-state index is 0.537. The van der Waals surface area contributed by atoms with Crippen LogP contribution >= 0.6 is 11.3 Å². The molecule has 0 saturated carbocycles. The van der Waals surface area contributed by atoms with Gasteiger partial charge in [-0.2, -0.15) is 0 Å². The van der Waals surface area contributed by atoms with Crippen molar-refractivity contribution in [2.24, 2.45) is 0 Å². The van der Waals surface area contributed by atoms with Crippen molar-refractivity contribution in [2.75, 3.05) is 4.90 Å². The molecule has 0 amide bonds. The second-order valence-corrected chi connectivity index (χ2v) is 17.4. The molecule has 1 aliphatic carbocycles. The van der Waals surface area contributed by atoms with Gasteiger partial charge in [0.1, 0.15) is 5.58 Å². The standard InChI is InChI=1S/C59H37NOS/c1-3-18-40(19-4-1)59(41-20-5-2-6-21-41)52-29-11-9-24-46(52)47-35-33-43(37-53(47)59)60(54-30-15-27-49-48-25-10-12-31-55(48)61-56(49)54)42-22-13-17-39(36-42)45-26-14-28-50-51-34-32-38-16-7-8-23-44(38)57(51)62-58(45)50/h1-37H. The molecule has 13 rings (SSSR count). The number of anilines is 3. The molecule has 3 heteroatoms. The third-order valence-electron chi connectivity index (χ3n) is 13.1. The van der Waals surface area contributed by atoms with Gasteiger partial charge in [0.25, 0.3) is 0 Å².